The fraction of sp³-hybridized carbons (Fsp3) is 0.857. The van der Waals surface area contributed by atoms with Crippen molar-refractivity contribution in [3.8, 4) is 0 Å². The Kier molecular flexibility index (Phi) is 45.7. The van der Waals surface area contributed by atoms with Gasteiger partial charge >= 0.3 is 5.97 Å². The third-order valence-electron chi connectivity index (χ3n) is 12.3. The molecule has 1 amide bonds. The number of carbonyl (C=O) groups excluding carboxylic acids is 2. The topological polar surface area (TPSA) is 114 Å². The summed E-state index contributed by atoms with van der Waals surface area (Å²) in [4.78, 5) is 39.7. The van der Waals surface area contributed by atoms with Crippen LogP contribution in [0.25, 0.3) is 0 Å². The molecule has 0 aliphatic rings. The van der Waals surface area contributed by atoms with Gasteiger partial charge in [-0.2, -0.15) is 0 Å². The molecule has 0 heterocycles. The number of likely N-dealkylation sites (N-methyl/N-ethyl adjacent to an activating group) is 1. The molecule has 10 heteroatoms. The summed E-state index contributed by atoms with van der Waals surface area (Å²) >= 11 is 0. The lowest BCUT2D eigenvalue weighted by molar-refractivity contribution is -0.870. The number of ether oxygens (including phenoxy) is 1. The first-order chi connectivity index (χ1) is 31.9. The number of allylic oxidation sites excluding steroid dienone is 5. The van der Waals surface area contributed by atoms with E-state index < -0.39 is 26.6 Å². The SMILES string of the molecule is CCCCCCCC/C=C\CCCCCC(=O)OC(/C=C/CCCCCCCCCCCCC)C(COP(=O)([O-])OCC[N+](C)(C)C)NC(=O)CCCCC/C=C\CCCCCCCCC. The summed E-state index contributed by atoms with van der Waals surface area (Å²) in [7, 11) is 1.17. The lowest BCUT2D eigenvalue weighted by Crippen LogP contribution is -2.47. The normalized spacial score (nSPS) is 14.1. The largest absolute Gasteiger partial charge is 0.756 e. The van der Waals surface area contributed by atoms with Crippen LogP contribution in [0.2, 0.25) is 0 Å². The van der Waals surface area contributed by atoms with Gasteiger partial charge in [0.05, 0.1) is 33.8 Å². The van der Waals surface area contributed by atoms with Gasteiger partial charge in [-0.15, -0.1) is 0 Å². The molecule has 3 unspecified atom stereocenters. The van der Waals surface area contributed by atoms with Gasteiger partial charge < -0.3 is 28.5 Å². The zero-order valence-corrected chi connectivity index (χ0v) is 45.0. The minimum atomic E-state index is -4.69. The van der Waals surface area contributed by atoms with Crippen molar-refractivity contribution in [2.75, 3.05) is 40.9 Å². The van der Waals surface area contributed by atoms with Gasteiger partial charge in [0.15, 0.2) is 0 Å². The fourth-order valence-electron chi connectivity index (χ4n) is 7.92. The van der Waals surface area contributed by atoms with Gasteiger partial charge in [0, 0.05) is 12.8 Å². The lowest BCUT2D eigenvalue weighted by atomic mass is 10.0. The van der Waals surface area contributed by atoms with Crippen LogP contribution in [0.3, 0.4) is 0 Å². The maximum absolute atomic E-state index is 13.4. The molecule has 0 rings (SSSR count). The molecular weight excluding hydrogens is 844 g/mol. The van der Waals surface area contributed by atoms with Gasteiger partial charge in [-0.1, -0.05) is 199 Å². The van der Waals surface area contributed by atoms with Crippen LogP contribution < -0.4 is 10.2 Å². The summed E-state index contributed by atoms with van der Waals surface area (Å²) in [5.41, 5.74) is 0. The highest BCUT2D eigenvalue weighted by Crippen LogP contribution is 2.38. The van der Waals surface area contributed by atoms with Crippen LogP contribution in [-0.4, -0.2) is 69.4 Å². The van der Waals surface area contributed by atoms with E-state index in [9.17, 15) is 19.0 Å². The number of esters is 1. The molecule has 0 aliphatic heterocycles. The van der Waals surface area contributed by atoms with Gasteiger partial charge in [0.1, 0.15) is 19.3 Å². The van der Waals surface area contributed by atoms with E-state index in [-0.39, 0.29) is 24.9 Å². The molecule has 0 aliphatic carbocycles. The van der Waals surface area contributed by atoms with Crippen LogP contribution in [0, 0.1) is 0 Å². The zero-order valence-electron chi connectivity index (χ0n) is 44.2. The Balaban J connectivity index is 5.45. The van der Waals surface area contributed by atoms with E-state index in [1.54, 1.807) is 0 Å². The Morgan fingerprint density at radius 1 is 0.515 bits per heavy atom. The number of rotatable bonds is 50. The van der Waals surface area contributed by atoms with E-state index in [0.717, 1.165) is 70.6 Å². The number of carbonyl (C=O) groups is 2. The van der Waals surface area contributed by atoms with E-state index in [2.05, 4.69) is 50.4 Å². The minimum absolute atomic E-state index is 0.0260. The number of nitrogens with one attached hydrogen (secondary N) is 1. The fourth-order valence-corrected chi connectivity index (χ4v) is 8.64. The second-order valence-electron chi connectivity index (χ2n) is 20.1. The van der Waals surface area contributed by atoms with Crippen LogP contribution >= 0.6 is 7.82 Å². The molecule has 3 atom stereocenters. The number of phosphoric acid groups is 1. The summed E-state index contributed by atoms with van der Waals surface area (Å²) in [5.74, 6) is -0.573. The molecule has 9 nitrogen and oxygen atoms in total. The first-order valence-corrected chi connectivity index (χ1v) is 29.3. The van der Waals surface area contributed by atoms with E-state index in [1.165, 1.54) is 141 Å². The Bertz CT molecular complexity index is 1230. The van der Waals surface area contributed by atoms with E-state index in [4.69, 9.17) is 13.8 Å². The van der Waals surface area contributed by atoms with E-state index >= 15 is 0 Å². The third-order valence-corrected chi connectivity index (χ3v) is 13.3. The van der Waals surface area contributed by atoms with Crippen LogP contribution in [0.5, 0.6) is 0 Å². The monoisotopic (exact) mass is 951 g/mol. The Morgan fingerprint density at radius 2 is 0.879 bits per heavy atom. The average molecular weight is 951 g/mol. The number of quaternary nitrogens is 1. The quantitative estimate of drug-likeness (QED) is 0.0212. The van der Waals surface area contributed by atoms with Gasteiger partial charge in [0.25, 0.3) is 7.82 Å². The van der Waals surface area contributed by atoms with Crippen molar-refractivity contribution in [2.24, 2.45) is 0 Å². The number of hydrogen-bond donors (Lipinski definition) is 1. The summed E-state index contributed by atoms with van der Waals surface area (Å²) in [5, 5.41) is 3.00. The third kappa shape index (κ3) is 47.3. The van der Waals surface area contributed by atoms with Crippen molar-refractivity contribution < 1.29 is 37.3 Å². The molecule has 66 heavy (non-hydrogen) atoms. The molecule has 0 bridgehead atoms. The predicted molar refractivity (Wildman–Crippen MR) is 279 cm³/mol. The lowest BCUT2D eigenvalue weighted by Gasteiger charge is -2.30. The van der Waals surface area contributed by atoms with Crippen molar-refractivity contribution in [3.05, 3.63) is 36.5 Å². The molecule has 0 saturated carbocycles. The summed E-state index contributed by atoms with van der Waals surface area (Å²) in [6.45, 7) is 6.81. The smallest absolute Gasteiger partial charge is 0.306 e. The van der Waals surface area contributed by atoms with Crippen molar-refractivity contribution in [2.45, 2.75) is 270 Å². The average Bonchev–Trinajstić information content (AvgIpc) is 3.27. The summed E-state index contributed by atoms with van der Waals surface area (Å²) in [6.07, 6.45) is 53.9. The number of nitrogens with zero attached hydrogens (tertiary/aromatic N) is 1. The predicted octanol–water partition coefficient (Wildman–Crippen LogP) is 15.8. The number of amides is 1. The second-order valence-corrected chi connectivity index (χ2v) is 21.5. The summed E-state index contributed by atoms with van der Waals surface area (Å²) < 4.78 is 30.2. The molecule has 0 aromatic carbocycles. The van der Waals surface area contributed by atoms with Crippen LogP contribution in [0.15, 0.2) is 36.5 Å². The van der Waals surface area contributed by atoms with Gasteiger partial charge in [-0.05, 0) is 83.1 Å². The molecule has 0 radical (unpaired) electrons. The van der Waals surface area contributed by atoms with Crippen molar-refractivity contribution in [1.82, 2.24) is 5.32 Å². The Morgan fingerprint density at radius 3 is 1.29 bits per heavy atom. The van der Waals surface area contributed by atoms with Crippen LogP contribution in [0.4, 0.5) is 0 Å². The number of phosphoric ester groups is 1. The highest BCUT2D eigenvalue weighted by molar-refractivity contribution is 7.45. The first kappa shape index (κ1) is 64.2. The second kappa shape index (κ2) is 46.9. The van der Waals surface area contributed by atoms with Crippen LogP contribution in [0.1, 0.15) is 258 Å². The van der Waals surface area contributed by atoms with Crippen molar-refractivity contribution in [3.63, 3.8) is 0 Å². The molecular formula is C56H107N2O7P. The molecule has 0 fully saturated rings. The molecule has 388 valence electrons. The maximum Gasteiger partial charge on any atom is 0.306 e. The first-order valence-electron chi connectivity index (χ1n) is 27.8. The number of hydrogen-bond acceptors (Lipinski definition) is 7. The van der Waals surface area contributed by atoms with Crippen molar-refractivity contribution >= 4 is 19.7 Å². The van der Waals surface area contributed by atoms with E-state index in [1.807, 2.05) is 33.3 Å². The summed E-state index contributed by atoms with van der Waals surface area (Å²) in [6, 6.07) is -0.898. The molecule has 1 N–H and O–H groups in total. The van der Waals surface area contributed by atoms with Crippen molar-refractivity contribution in [1.29, 1.82) is 0 Å². The highest BCUT2D eigenvalue weighted by Gasteiger charge is 2.27. The maximum atomic E-state index is 13.4. The standard InChI is InChI=1S/C56H107N2O7P/c1-7-10-13-16-19-22-25-28-31-33-36-39-42-45-48-55(59)57-53(52-64-66(61,62)63-51-50-58(4,5)6)54(47-44-41-38-35-32-29-26-23-20-17-14-11-8-2)65-56(60)49-46-43-40-37-34-30-27-24-21-18-15-12-9-3/h30-31,33-34,44,47,53-54H,7-29,32,35-43,45-46,48-52H2,1-6H3,(H-,57,59,61,62)/b33-31-,34-30-,47-44+. The van der Waals surface area contributed by atoms with E-state index in [0.29, 0.717) is 30.3 Å². The molecule has 0 saturated heterocycles. The highest BCUT2D eigenvalue weighted by atomic mass is 31.2. The van der Waals surface area contributed by atoms with Crippen LogP contribution in [-0.2, 0) is 27.9 Å². The number of unbranched alkanes of at least 4 members (excludes halogenated alkanes) is 30. The molecule has 0 aromatic rings. The molecule has 0 spiro atoms. The van der Waals surface area contributed by atoms with Gasteiger partial charge in [-0.3, -0.25) is 14.2 Å². The van der Waals surface area contributed by atoms with Gasteiger partial charge in [0.2, 0.25) is 5.91 Å². The van der Waals surface area contributed by atoms with Gasteiger partial charge in [-0.25, -0.2) is 0 Å². The molecule has 0 aromatic heterocycles. The Labute approximate surface area is 408 Å². The zero-order chi connectivity index (χ0) is 48.7. The Hall–Kier alpha value is -1.77. The minimum Gasteiger partial charge on any atom is -0.756 e.